The van der Waals surface area contributed by atoms with Crippen molar-refractivity contribution in [2.24, 2.45) is 5.73 Å². The zero-order valence-corrected chi connectivity index (χ0v) is 5.95. The van der Waals surface area contributed by atoms with E-state index in [9.17, 15) is 0 Å². The van der Waals surface area contributed by atoms with Crippen molar-refractivity contribution in [1.82, 2.24) is 4.90 Å². The molecule has 2 N–H and O–H groups in total. The Bertz CT molecular complexity index is 154. The van der Waals surface area contributed by atoms with Crippen LogP contribution in [0.1, 0.15) is 6.42 Å². The molecule has 0 saturated carbocycles. The molecule has 0 aromatic rings. The third-order valence-corrected chi connectivity index (χ3v) is 1.77. The molecule has 0 amide bonds. The molecule has 56 valence electrons. The lowest BCUT2D eigenvalue weighted by Gasteiger charge is -2.10. The number of ether oxygens (including phenoxy) is 1. The molecule has 2 atom stereocenters. The Balaban J connectivity index is 2.46. The molecular weight excluding hydrogens is 130 g/mol. The van der Waals surface area contributed by atoms with Crippen LogP contribution in [-0.2, 0) is 4.74 Å². The van der Waals surface area contributed by atoms with Crippen LogP contribution in [0.15, 0.2) is 0 Å². The first kappa shape index (κ1) is 7.32. The summed E-state index contributed by atoms with van der Waals surface area (Å²) in [6.45, 7) is 0.633. The molecule has 0 aromatic carbocycles. The number of likely N-dealkylation sites (tertiary alicyclic amines) is 1. The quantitative estimate of drug-likeness (QED) is 0.499. The molecule has 4 heteroatoms. The monoisotopic (exact) mass is 141 g/mol. The van der Waals surface area contributed by atoms with Gasteiger partial charge in [-0.2, -0.15) is 5.26 Å². The van der Waals surface area contributed by atoms with Crippen LogP contribution in [-0.4, -0.2) is 30.8 Å². The maximum atomic E-state index is 8.49. The van der Waals surface area contributed by atoms with Gasteiger partial charge in [0.15, 0.2) is 6.19 Å². The minimum Gasteiger partial charge on any atom is -0.379 e. The van der Waals surface area contributed by atoms with Crippen LogP contribution in [0.2, 0.25) is 0 Å². The third kappa shape index (κ3) is 1.20. The minimum absolute atomic E-state index is 0.134. The van der Waals surface area contributed by atoms with Crippen molar-refractivity contribution in [3.63, 3.8) is 0 Å². The Hall–Kier alpha value is -0.790. The number of methoxy groups -OCH3 is 1. The molecule has 1 heterocycles. The number of nitrogens with zero attached hydrogens (tertiary/aromatic N) is 2. The number of nitriles is 1. The van der Waals surface area contributed by atoms with Crippen LogP contribution < -0.4 is 5.73 Å². The molecule has 10 heavy (non-hydrogen) atoms. The highest BCUT2D eigenvalue weighted by Crippen LogP contribution is 2.14. The van der Waals surface area contributed by atoms with Crippen LogP contribution in [0.25, 0.3) is 0 Å². The normalized spacial score (nSPS) is 32.3. The molecule has 1 aliphatic heterocycles. The Morgan fingerprint density at radius 3 is 2.80 bits per heavy atom. The van der Waals surface area contributed by atoms with Gasteiger partial charge in [-0.05, 0) is 0 Å². The first-order valence-electron chi connectivity index (χ1n) is 3.22. The van der Waals surface area contributed by atoms with E-state index in [1.54, 1.807) is 7.11 Å². The lowest BCUT2D eigenvalue weighted by atomic mass is 10.3. The standard InChI is InChI=1S/C6H11N3O/c1-10-5-2-6(8)9(3-5)4-7/h5-6H,2-3,8H2,1H3/t5-,6?/m1/s1. The zero-order chi connectivity index (χ0) is 7.56. The first-order chi connectivity index (χ1) is 4.77. The van der Waals surface area contributed by atoms with Gasteiger partial charge in [0, 0.05) is 13.5 Å². The molecule has 0 aromatic heterocycles. The Morgan fingerprint density at radius 2 is 2.50 bits per heavy atom. The maximum Gasteiger partial charge on any atom is 0.180 e. The van der Waals surface area contributed by atoms with E-state index in [-0.39, 0.29) is 12.3 Å². The number of rotatable bonds is 1. The molecule has 1 aliphatic rings. The summed E-state index contributed by atoms with van der Waals surface area (Å²) in [4.78, 5) is 1.54. The zero-order valence-electron chi connectivity index (χ0n) is 5.95. The lowest BCUT2D eigenvalue weighted by molar-refractivity contribution is 0.113. The average molecular weight is 141 g/mol. The van der Waals surface area contributed by atoms with Gasteiger partial charge in [-0.3, -0.25) is 4.90 Å². The molecule has 0 radical (unpaired) electrons. The highest BCUT2D eigenvalue weighted by atomic mass is 16.5. The van der Waals surface area contributed by atoms with Gasteiger partial charge < -0.3 is 10.5 Å². The van der Waals surface area contributed by atoms with Crippen LogP contribution in [0.3, 0.4) is 0 Å². The molecular formula is C6H11N3O. The summed E-state index contributed by atoms with van der Waals surface area (Å²) in [5.41, 5.74) is 5.58. The van der Waals surface area contributed by atoms with Crippen molar-refractivity contribution in [2.45, 2.75) is 18.7 Å². The molecule has 0 spiro atoms. The minimum atomic E-state index is -0.144. The summed E-state index contributed by atoms with van der Waals surface area (Å²) in [6.07, 6.45) is 2.75. The van der Waals surface area contributed by atoms with E-state index >= 15 is 0 Å². The largest absolute Gasteiger partial charge is 0.379 e. The average Bonchev–Trinajstić information content (AvgIpc) is 2.30. The second kappa shape index (κ2) is 2.86. The Labute approximate surface area is 60.2 Å². The van der Waals surface area contributed by atoms with Gasteiger partial charge in [-0.25, -0.2) is 0 Å². The van der Waals surface area contributed by atoms with E-state index in [0.717, 1.165) is 6.42 Å². The maximum absolute atomic E-state index is 8.49. The van der Waals surface area contributed by atoms with Crippen LogP contribution in [0.5, 0.6) is 0 Å². The predicted octanol–water partition coefficient (Wildman–Crippen LogP) is -0.527. The van der Waals surface area contributed by atoms with Gasteiger partial charge in [0.05, 0.1) is 18.8 Å². The first-order valence-corrected chi connectivity index (χ1v) is 3.22. The summed E-state index contributed by atoms with van der Waals surface area (Å²) in [5.74, 6) is 0. The summed E-state index contributed by atoms with van der Waals surface area (Å²) >= 11 is 0. The molecule has 0 bridgehead atoms. The lowest BCUT2D eigenvalue weighted by Crippen LogP contribution is -2.32. The van der Waals surface area contributed by atoms with Crippen molar-refractivity contribution < 1.29 is 4.74 Å². The highest BCUT2D eigenvalue weighted by Gasteiger charge is 2.28. The van der Waals surface area contributed by atoms with Crippen molar-refractivity contribution in [3.05, 3.63) is 0 Å². The van der Waals surface area contributed by atoms with Gasteiger partial charge in [0.1, 0.15) is 0 Å². The molecule has 0 aliphatic carbocycles. The van der Waals surface area contributed by atoms with Crippen LogP contribution in [0, 0.1) is 11.5 Å². The van der Waals surface area contributed by atoms with E-state index < -0.39 is 0 Å². The van der Waals surface area contributed by atoms with Crippen molar-refractivity contribution in [1.29, 1.82) is 5.26 Å². The summed E-state index contributed by atoms with van der Waals surface area (Å²) in [6, 6.07) is 0. The fraction of sp³-hybridized carbons (Fsp3) is 0.833. The van der Waals surface area contributed by atoms with Gasteiger partial charge in [-0.15, -0.1) is 0 Å². The topological polar surface area (TPSA) is 62.3 Å². The SMILES string of the molecule is CO[C@@H]1CC(N)N(C#N)C1. The Morgan fingerprint density at radius 1 is 1.80 bits per heavy atom. The van der Waals surface area contributed by atoms with Gasteiger partial charge >= 0.3 is 0 Å². The fourth-order valence-electron chi connectivity index (χ4n) is 1.11. The van der Waals surface area contributed by atoms with Crippen molar-refractivity contribution >= 4 is 0 Å². The van der Waals surface area contributed by atoms with E-state index in [1.165, 1.54) is 4.90 Å². The van der Waals surface area contributed by atoms with Crippen LogP contribution >= 0.6 is 0 Å². The third-order valence-electron chi connectivity index (χ3n) is 1.77. The van der Waals surface area contributed by atoms with Crippen molar-refractivity contribution in [2.75, 3.05) is 13.7 Å². The summed E-state index contributed by atoms with van der Waals surface area (Å²) in [5, 5.41) is 8.49. The second-order valence-electron chi connectivity index (χ2n) is 2.41. The second-order valence-corrected chi connectivity index (χ2v) is 2.41. The van der Waals surface area contributed by atoms with Gasteiger partial charge in [0.2, 0.25) is 0 Å². The summed E-state index contributed by atoms with van der Waals surface area (Å²) in [7, 11) is 1.64. The van der Waals surface area contributed by atoms with E-state index in [2.05, 4.69) is 0 Å². The van der Waals surface area contributed by atoms with E-state index in [4.69, 9.17) is 15.7 Å². The molecule has 1 rings (SSSR count). The predicted molar refractivity (Wildman–Crippen MR) is 35.7 cm³/mol. The Kier molecular flexibility index (Phi) is 2.10. The summed E-state index contributed by atoms with van der Waals surface area (Å²) < 4.78 is 5.04. The molecule has 4 nitrogen and oxygen atoms in total. The van der Waals surface area contributed by atoms with E-state index in [1.807, 2.05) is 6.19 Å². The van der Waals surface area contributed by atoms with Gasteiger partial charge in [0.25, 0.3) is 0 Å². The molecule has 1 fully saturated rings. The van der Waals surface area contributed by atoms with Crippen molar-refractivity contribution in [3.8, 4) is 6.19 Å². The number of nitrogens with two attached hydrogens (primary N) is 1. The molecule has 1 unspecified atom stereocenters. The number of hydrogen-bond donors (Lipinski definition) is 1. The fourth-order valence-corrected chi connectivity index (χ4v) is 1.11. The van der Waals surface area contributed by atoms with Crippen LogP contribution in [0.4, 0.5) is 0 Å². The highest BCUT2D eigenvalue weighted by molar-refractivity contribution is 4.89. The molecule has 1 saturated heterocycles. The number of hydrogen-bond acceptors (Lipinski definition) is 4. The van der Waals surface area contributed by atoms with E-state index in [0.29, 0.717) is 6.54 Å². The smallest absolute Gasteiger partial charge is 0.180 e. The van der Waals surface area contributed by atoms with Gasteiger partial charge in [-0.1, -0.05) is 0 Å².